The van der Waals surface area contributed by atoms with Gasteiger partial charge in [0.25, 0.3) is 0 Å². The lowest BCUT2D eigenvalue weighted by atomic mass is 9.74. The number of hydrogen-bond donors (Lipinski definition) is 1. The Morgan fingerprint density at radius 2 is 1.81 bits per heavy atom. The van der Waals surface area contributed by atoms with Crippen LogP contribution in [-0.4, -0.2) is 48.3 Å². The van der Waals surface area contributed by atoms with Crippen molar-refractivity contribution in [3.8, 4) is 5.75 Å². The fourth-order valence-corrected chi connectivity index (χ4v) is 5.41. The summed E-state index contributed by atoms with van der Waals surface area (Å²) in [5.74, 6) is -3.12. The maximum atomic E-state index is 15.7. The molecule has 37 heavy (non-hydrogen) atoms. The van der Waals surface area contributed by atoms with Crippen LogP contribution in [0.1, 0.15) is 55.0 Å². The van der Waals surface area contributed by atoms with Crippen molar-refractivity contribution in [2.75, 3.05) is 33.4 Å². The van der Waals surface area contributed by atoms with Crippen LogP contribution in [0, 0.1) is 29.8 Å². The summed E-state index contributed by atoms with van der Waals surface area (Å²) in [6, 6.07) is 7.56. The number of aliphatic hydroxyl groups excluding tert-OH is 1. The maximum Gasteiger partial charge on any atom is 0.194 e. The molecule has 0 spiro atoms. The molecule has 2 heterocycles. The van der Waals surface area contributed by atoms with E-state index in [-0.39, 0.29) is 12.0 Å². The van der Waals surface area contributed by atoms with E-state index in [2.05, 4.69) is 9.88 Å². The minimum atomic E-state index is -1.44. The minimum absolute atomic E-state index is 0.00555. The van der Waals surface area contributed by atoms with Crippen LogP contribution in [0.2, 0.25) is 0 Å². The number of pyridine rings is 1. The van der Waals surface area contributed by atoms with Gasteiger partial charge in [0.1, 0.15) is 11.9 Å². The van der Waals surface area contributed by atoms with Crippen molar-refractivity contribution in [1.29, 1.82) is 0 Å². The number of aromatic nitrogens is 1. The molecule has 0 unspecified atom stereocenters. The summed E-state index contributed by atoms with van der Waals surface area (Å²) in [6.07, 6.45) is 4.02. The summed E-state index contributed by atoms with van der Waals surface area (Å²) in [5.41, 5.74) is 2.24. The van der Waals surface area contributed by atoms with Crippen LogP contribution < -0.4 is 4.74 Å². The number of halogens is 4. The highest BCUT2D eigenvalue weighted by Gasteiger charge is 2.35. The Kier molecular flexibility index (Phi) is 8.70. The second-order valence-electron chi connectivity index (χ2n) is 10.2. The average Bonchev–Trinajstić information content (AvgIpc) is 2.90. The predicted octanol–water partition coefficient (Wildman–Crippen LogP) is 6.47. The van der Waals surface area contributed by atoms with Crippen LogP contribution in [0.15, 0.2) is 36.5 Å². The van der Waals surface area contributed by atoms with Gasteiger partial charge >= 0.3 is 0 Å². The minimum Gasteiger partial charge on any atom is -0.497 e. The molecule has 8 heteroatoms. The summed E-state index contributed by atoms with van der Waals surface area (Å²) in [7, 11) is 1.58. The van der Waals surface area contributed by atoms with Gasteiger partial charge in [0, 0.05) is 18.2 Å². The first-order chi connectivity index (χ1) is 17.7. The number of methoxy groups -OCH3 is 1. The smallest absolute Gasteiger partial charge is 0.194 e. The molecule has 0 aliphatic carbocycles. The molecule has 0 saturated carbocycles. The van der Waals surface area contributed by atoms with E-state index in [1.165, 1.54) is 0 Å². The molecule has 1 aliphatic rings. The first-order valence-corrected chi connectivity index (χ1v) is 12.8. The van der Waals surface area contributed by atoms with E-state index in [1.807, 2.05) is 25.1 Å². The van der Waals surface area contributed by atoms with Gasteiger partial charge in [0.15, 0.2) is 17.5 Å². The quantitative estimate of drug-likeness (QED) is 0.247. The third-order valence-corrected chi connectivity index (χ3v) is 7.79. The summed E-state index contributed by atoms with van der Waals surface area (Å²) in [6.45, 7) is 4.13. The Morgan fingerprint density at radius 3 is 2.46 bits per heavy atom. The highest BCUT2D eigenvalue weighted by Crippen LogP contribution is 2.41. The molecular weight excluding hydrogens is 484 g/mol. The van der Waals surface area contributed by atoms with Gasteiger partial charge in [-0.3, -0.25) is 4.98 Å². The number of nitrogens with zero attached hydrogens (tertiary/aromatic N) is 2. The molecular formula is C29H34F4N2O2. The van der Waals surface area contributed by atoms with Gasteiger partial charge in [-0.2, -0.15) is 0 Å². The van der Waals surface area contributed by atoms with Gasteiger partial charge in [-0.25, -0.2) is 17.6 Å². The van der Waals surface area contributed by atoms with Gasteiger partial charge in [-0.1, -0.05) is 0 Å². The number of alkyl halides is 1. The average molecular weight is 519 g/mol. The van der Waals surface area contributed by atoms with Gasteiger partial charge in [-0.05, 0) is 118 Å². The summed E-state index contributed by atoms with van der Waals surface area (Å²) in [4.78, 5) is 6.68. The molecule has 2 aromatic carbocycles. The first-order valence-electron chi connectivity index (χ1n) is 12.8. The van der Waals surface area contributed by atoms with Crippen LogP contribution in [-0.2, 0) is 6.42 Å². The Hall–Kier alpha value is -2.71. The number of aryl methyl sites for hydroxylation is 2. The molecule has 0 amide bonds. The number of benzene rings is 2. The lowest BCUT2D eigenvalue weighted by Crippen LogP contribution is -2.42. The maximum absolute atomic E-state index is 15.7. The van der Waals surface area contributed by atoms with Crippen molar-refractivity contribution in [2.45, 2.75) is 51.6 Å². The normalized spacial score (nSPS) is 16.7. The van der Waals surface area contributed by atoms with Crippen LogP contribution in [0.4, 0.5) is 17.6 Å². The van der Waals surface area contributed by atoms with Gasteiger partial charge in [-0.15, -0.1) is 0 Å². The van der Waals surface area contributed by atoms with E-state index in [1.54, 1.807) is 13.3 Å². The predicted molar refractivity (Wildman–Crippen MR) is 136 cm³/mol. The number of aliphatic hydroxyl groups is 1. The highest BCUT2D eigenvalue weighted by atomic mass is 19.2. The number of ether oxygens (including phenoxy) is 1. The molecule has 1 N–H and O–H groups in total. The lowest BCUT2D eigenvalue weighted by Gasteiger charge is -2.41. The molecule has 0 radical (unpaired) electrons. The molecule has 0 bridgehead atoms. The Bertz CT molecular complexity index is 1200. The van der Waals surface area contributed by atoms with Crippen LogP contribution >= 0.6 is 0 Å². The molecule has 1 fully saturated rings. The van der Waals surface area contributed by atoms with Crippen molar-refractivity contribution < 1.29 is 27.4 Å². The molecule has 1 aromatic heterocycles. The van der Waals surface area contributed by atoms with E-state index in [0.29, 0.717) is 42.6 Å². The Balaban J connectivity index is 1.32. The second-order valence-corrected chi connectivity index (χ2v) is 10.2. The van der Waals surface area contributed by atoms with Gasteiger partial charge < -0.3 is 14.7 Å². The van der Waals surface area contributed by atoms with Crippen LogP contribution in [0.5, 0.6) is 5.75 Å². The number of rotatable bonds is 10. The number of likely N-dealkylation sites (tertiary alicyclic amines) is 1. The van der Waals surface area contributed by atoms with Gasteiger partial charge in [0.2, 0.25) is 0 Å². The number of fused-ring (bicyclic) bond motifs is 1. The Morgan fingerprint density at radius 1 is 1.11 bits per heavy atom. The van der Waals surface area contributed by atoms with E-state index < -0.39 is 23.6 Å². The molecule has 200 valence electrons. The van der Waals surface area contributed by atoms with Crippen molar-refractivity contribution in [1.82, 2.24) is 9.88 Å². The van der Waals surface area contributed by atoms with E-state index in [9.17, 15) is 18.3 Å². The summed E-state index contributed by atoms with van der Waals surface area (Å²) < 4.78 is 61.0. The Labute approximate surface area is 215 Å². The fourth-order valence-electron chi connectivity index (χ4n) is 5.41. The van der Waals surface area contributed by atoms with Crippen LogP contribution in [0.3, 0.4) is 0 Å². The molecule has 3 aromatic rings. The first kappa shape index (κ1) is 27.3. The van der Waals surface area contributed by atoms with Crippen molar-refractivity contribution in [3.63, 3.8) is 0 Å². The number of piperidine rings is 1. The zero-order chi connectivity index (χ0) is 26.6. The summed E-state index contributed by atoms with van der Waals surface area (Å²) in [5, 5.41) is 11.0. The van der Waals surface area contributed by atoms with Crippen molar-refractivity contribution >= 4 is 10.9 Å². The summed E-state index contributed by atoms with van der Waals surface area (Å²) >= 11 is 0. The molecule has 4 rings (SSSR count). The van der Waals surface area contributed by atoms with E-state index in [4.69, 9.17) is 4.74 Å². The largest absolute Gasteiger partial charge is 0.497 e. The van der Waals surface area contributed by atoms with E-state index >= 15 is 4.39 Å². The molecule has 4 nitrogen and oxygen atoms in total. The second kappa shape index (κ2) is 11.8. The zero-order valence-corrected chi connectivity index (χ0v) is 21.4. The number of hydrogen-bond acceptors (Lipinski definition) is 4. The van der Waals surface area contributed by atoms with E-state index in [0.717, 1.165) is 61.1 Å². The SMILES string of the molecule is COc1ccc2ncc(C)c([C@H](F)CCC3(CO)CCN(CCCc4cc(F)c(F)c(F)c4)CC3)c2c1. The fraction of sp³-hybridized carbons (Fsp3) is 0.483. The topological polar surface area (TPSA) is 45.6 Å². The standard InChI is InChI=1S/C29H34F4N2O2/c1-19-17-34-26-6-5-21(37-2)16-22(26)27(19)23(30)7-8-29(18-36)9-12-35(13-10-29)11-3-4-20-14-24(31)28(33)25(32)15-20/h5-6,14-17,23,36H,3-4,7-13,18H2,1-2H3/t23-/m1/s1. The van der Waals surface area contributed by atoms with Crippen LogP contribution in [0.25, 0.3) is 10.9 Å². The monoisotopic (exact) mass is 518 g/mol. The highest BCUT2D eigenvalue weighted by molar-refractivity contribution is 5.84. The molecule has 1 saturated heterocycles. The van der Waals surface area contributed by atoms with Crippen molar-refractivity contribution in [3.05, 3.63) is 70.7 Å². The van der Waals surface area contributed by atoms with Gasteiger partial charge in [0.05, 0.1) is 12.6 Å². The third kappa shape index (κ3) is 6.24. The molecule has 1 aliphatic heterocycles. The van der Waals surface area contributed by atoms with Crippen molar-refractivity contribution in [2.24, 2.45) is 5.41 Å². The lowest BCUT2D eigenvalue weighted by molar-refractivity contribution is 0.0300. The zero-order valence-electron chi connectivity index (χ0n) is 21.4. The third-order valence-electron chi connectivity index (χ3n) is 7.79. The molecule has 1 atom stereocenters.